The van der Waals surface area contributed by atoms with Gasteiger partial charge in [-0.15, -0.1) is 0 Å². The number of nitrogens with zero attached hydrogens (tertiary/aromatic N) is 1. The number of rotatable bonds is 0. The lowest BCUT2D eigenvalue weighted by Gasteiger charge is -2.58. The fraction of sp³-hybridized carbons (Fsp3) is 1.00. The van der Waals surface area contributed by atoms with Gasteiger partial charge in [-0.2, -0.15) is 0 Å². The minimum atomic E-state index is 0.293. The highest BCUT2D eigenvalue weighted by Crippen LogP contribution is 2.45. The van der Waals surface area contributed by atoms with Gasteiger partial charge in [-0.05, 0) is 59.4 Å². The molecule has 1 saturated heterocycles. The summed E-state index contributed by atoms with van der Waals surface area (Å²) < 4.78 is 0. The largest absolute Gasteiger partial charge is 0.293 e. The molecule has 1 heteroatoms. The van der Waals surface area contributed by atoms with Crippen molar-refractivity contribution in [2.24, 2.45) is 5.41 Å². The molecule has 0 atom stereocenters. The van der Waals surface area contributed by atoms with E-state index in [0.29, 0.717) is 16.5 Å². The fourth-order valence-electron chi connectivity index (χ4n) is 2.80. The van der Waals surface area contributed by atoms with Crippen LogP contribution in [0.15, 0.2) is 0 Å². The monoisotopic (exact) mass is 197 g/mol. The van der Waals surface area contributed by atoms with Crippen LogP contribution in [0.4, 0.5) is 0 Å². The molecule has 0 aliphatic carbocycles. The molecule has 1 fully saturated rings. The van der Waals surface area contributed by atoms with Crippen molar-refractivity contribution in [2.75, 3.05) is 6.54 Å². The lowest BCUT2D eigenvalue weighted by molar-refractivity contribution is -0.0808. The SMILES string of the molecule is CC(C)(C)N1CCCC(C)(C)C1(C)C. The first-order valence-electron chi connectivity index (χ1n) is 5.87. The van der Waals surface area contributed by atoms with Crippen LogP contribution in [0.2, 0.25) is 0 Å². The van der Waals surface area contributed by atoms with Crippen LogP contribution in [0.1, 0.15) is 61.3 Å². The molecular formula is C13H27N. The van der Waals surface area contributed by atoms with E-state index in [4.69, 9.17) is 0 Å². The molecule has 0 radical (unpaired) electrons. The molecule has 1 aliphatic rings. The van der Waals surface area contributed by atoms with Crippen LogP contribution in [-0.4, -0.2) is 22.5 Å². The second kappa shape index (κ2) is 3.23. The molecule has 0 amide bonds. The van der Waals surface area contributed by atoms with Crippen molar-refractivity contribution < 1.29 is 0 Å². The highest BCUT2D eigenvalue weighted by Gasteiger charge is 2.47. The minimum Gasteiger partial charge on any atom is -0.293 e. The Kier molecular flexibility index (Phi) is 2.78. The number of likely N-dealkylation sites (tertiary alicyclic amines) is 1. The van der Waals surface area contributed by atoms with Gasteiger partial charge in [-0.3, -0.25) is 4.90 Å². The number of hydrogen-bond donors (Lipinski definition) is 0. The smallest absolute Gasteiger partial charge is 0.0209 e. The molecule has 1 heterocycles. The molecule has 0 bridgehead atoms. The molecule has 0 aromatic rings. The van der Waals surface area contributed by atoms with Crippen molar-refractivity contribution in [2.45, 2.75) is 72.4 Å². The second-order valence-electron chi connectivity index (χ2n) is 6.87. The first-order chi connectivity index (χ1) is 6.09. The molecule has 0 spiro atoms. The lowest BCUT2D eigenvalue weighted by Crippen LogP contribution is -2.63. The maximum Gasteiger partial charge on any atom is 0.0209 e. The molecular weight excluding hydrogens is 170 g/mol. The first kappa shape index (κ1) is 12.0. The lowest BCUT2D eigenvalue weighted by atomic mass is 9.66. The molecule has 0 aromatic carbocycles. The minimum absolute atomic E-state index is 0.293. The normalized spacial score (nSPS) is 27.6. The van der Waals surface area contributed by atoms with Gasteiger partial charge in [0.15, 0.2) is 0 Å². The van der Waals surface area contributed by atoms with Gasteiger partial charge in [0.05, 0.1) is 0 Å². The van der Waals surface area contributed by atoms with Crippen LogP contribution in [0.3, 0.4) is 0 Å². The summed E-state index contributed by atoms with van der Waals surface area (Å²) in [6, 6.07) is 0. The zero-order valence-electron chi connectivity index (χ0n) is 11.1. The van der Waals surface area contributed by atoms with Crippen LogP contribution >= 0.6 is 0 Å². The molecule has 0 unspecified atom stereocenters. The Morgan fingerprint density at radius 3 is 1.86 bits per heavy atom. The summed E-state index contributed by atoms with van der Waals surface area (Å²) in [6.45, 7) is 17.9. The fourth-order valence-corrected chi connectivity index (χ4v) is 2.80. The van der Waals surface area contributed by atoms with E-state index in [2.05, 4.69) is 53.4 Å². The van der Waals surface area contributed by atoms with Crippen molar-refractivity contribution in [1.29, 1.82) is 0 Å². The molecule has 0 N–H and O–H groups in total. The summed E-state index contributed by atoms with van der Waals surface area (Å²) in [7, 11) is 0. The standard InChI is InChI=1S/C13H27N/c1-11(2,3)14-10-8-9-12(4,5)13(14,6)7/h8-10H2,1-7H3. The zero-order valence-corrected chi connectivity index (χ0v) is 11.1. The van der Waals surface area contributed by atoms with E-state index < -0.39 is 0 Å². The molecule has 14 heavy (non-hydrogen) atoms. The third-order valence-electron chi connectivity index (χ3n) is 4.32. The number of hydrogen-bond acceptors (Lipinski definition) is 1. The Balaban J connectivity index is 2.98. The van der Waals surface area contributed by atoms with Gasteiger partial charge in [0.25, 0.3) is 0 Å². The van der Waals surface area contributed by atoms with E-state index in [1.165, 1.54) is 19.4 Å². The summed E-state index contributed by atoms with van der Waals surface area (Å²) >= 11 is 0. The van der Waals surface area contributed by atoms with Gasteiger partial charge in [0, 0.05) is 11.1 Å². The summed E-state index contributed by atoms with van der Waals surface area (Å²) in [6.07, 6.45) is 2.69. The molecule has 1 nitrogen and oxygen atoms in total. The first-order valence-corrected chi connectivity index (χ1v) is 5.87. The van der Waals surface area contributed by atoms with Crippen LogP contribution < -0.4 is 0 Å². The van der Waals surface area contributed by atoms with Gasteiger partial charge < -0.3 is 0 Å². The Morgan fingerprint density at radius 1 is 1.00 bits per heavy atom. The highest BCUT2D eigenvalue weighted by molar-refractivity contribution is 5.02. The highest BCUT2D eigenvalue weighted by atomic mass is 15.3. The average Bonchev–Trinajstić information content (AvgIpc) is 1.92. The summed E-state index contributed by atoms with van der Waals surface area (Å²) in [5.41, 5.74) is 1.03. The van der Waals surface area contributed by atoms with Gasteiger partial charge in [0.2, 0.25) is 0 Å². The maximum atomic E-state index is 2.67. The Hall–Kier alpha value is -0.0400. The van der Waals surface area contributed by atoms with Gasteiger partial charge in [-0.1, -0.05) is 13.8 Å². The van der Waals surface area contributed by atoms with Crippen LogP contribution in [0.25, 0.3) is 0 Å². The van der Waals surface area contributed by atoms with Gasteiger partial charge >= 0.3 is 0 Å². The van der Waals surface area contributed by atoms with E-state index in [0.717, 1.165) is 0 Å². The van der Waals surface area contributed by atoms with Crippen LogP contribution in [0.5, 0.6) is 0 Å². The second-order valence-corrected chi connectivity index (χ2v) is 6.87. The molecule has 84 valence electrons. The third kappa shape index (κ3) is 1.84. The van der Waals surface area contributed by atoms with Gasteiger partial charge in [0.1, 0.15) is 0 Å². The zero-order chi connectivity index (χ0) is 11.2. The average molecular weight is 197 g/mol. The van der Waals surface area contributed by atoms with E-state index in [9.17, 15) is 0 Å². The van der Waals surface area contributed by atoms with Crippen molar-refractivity contribution in [3.63, 3.8) is 0 Å². The predicted molar refractivity (Wildman–Crippen MR) is 63.6 cm³/mol. The molecule has 1 rings (SSSR count). The Bertz CT molecular complexity index is 208. The Labute approximate surface area is 89.9 Å². The molecule has 0 saturated carbocycles. The van der Waals surface area contributed by atoms with Crippen molar-refractivity contribution in [3.05, 3.63) is 0 Å². The summed E-state index contributed by atoms with van der Waals surface area (Å²) in [4.78, 5) is 2.67. The van der Waals surface area contributed by atoms with E-state index in [1.807, 2.05) is 0 Å². The quantitative estimate of drug-likeness (QED) is 0.572. The molecule has 1 aliphatic heterocycles. The van der Waals surface area contributed by atoms with E-state index in [-0.39, 0.29) is 0 Å². The summed E-state index contributed by atoms with van der Waals surface area (Å²) in [5.74, 6) is 0. The number of piperidine rings is 1. The Morgan fingerprint density at radius 2 is 1.50 bits per heavy atom. The van der Waals surface area contributed by atoms with Crippen molar-refractivity contribution in [1.82, 2.24) is 4.90 Å². The summed E-state index contributed by atoms with van der Waals surface area (Å²) in [5, 5.41) is 0. The third-order valence-corrected chi connectivity index (χ3v) is 4.32. The van der Waals surface area contributed by atoms with Crippen molar-refractivity contribution >= 4 is 0 Å². The van der Waals surface area contributed by atoms with Crippen LogP contribution in [0, 0.1) is 5.41 Å². The topological polar surface area (TPSA) is 3.24 Å². The van der Waals surface area contributed by atoms with E-state index in [1.54, 1.807) is 0 Å². The van der Waals surface area contributed by atoms with Crippen molar-refractivity contribution in [3.8, 4) is 0 Å². The maximum absolute atomic E-state index is 2.67. The van der Waals surface area contributed by atoms with Crippen LogP contribution in [-0.2, 0) is 0 Å². The van der Waals surface area contributed by atoms with Gasteiger partial charge in [-0.25, -0.2) is 0 Å². The van der Waals surface area contributed by atoms with E-state index >= 15 is 0 Å². The molecule has 0 aromatic heterocycles. The predicted octanol–water partition coefficient (Wildman–Crippen LogP) is 3.69.